The van der Waals surface area contributed by atoms with Crippen LogP contribution in [0.3, 0.4) is 0 Å². The second-order valence-corrected chi connectivity index (χ2v) is 6.95. The van der Waals surface area contributed by atoms with Gasteiger partial charge in [0.2, 0.25) is 0 Å². The fraction of sp³-hybridized carbons (Fsp3) is 0.214. The van der Waals surface area contributed by atoms with Crippen molar-refractivity contribution in [2.24, 2.45) is 0 Å². The maximum absolute atomic E-state index is 9.60. The van der Waals surface area contributed by atoms with Crippen molar-refractivity contribution in [1.29, 1.82) is 0 Å². The molecule has 4 nitrogen and oxygen atoms in total. The minimum atomic E-state index is 0.413. The Bertz CT molecular complexity index is 696. The number of aryl methyl sites for hydroxylation is 1. The van der Waals surface area contributed by atoms with E-state index < -0.39 is 0 Å². The monoisotopic (exact) mass is 335 g/mol. The van der Waals surface area contributed by atoms with Crippen LogP contribution in [0.15, 0.2) is 41.0 Å². The first kappa shape index (κ1) is 14.5. The normalized spacial score (nSPS) is 10.9. The van der Waals surface area contributed by atoms with Crippen molar-refractivity contribution >= 4 is 34.8 Å². The lowest BCUT2D eigenvalue weighted by molar-refractivity contribution is 0.471. The maximum Gasteiger partial charge on any atom is 0.138 e. The van der Waals surface area contributed by atoms with E-state index in [-0.39, 0.29) is 0 Å². The van der Waals surface area contributed by atoms with Gasteiger partial charge >= 0.3 is 0 Å². The second kappa shape index (κ2) is 7.02. The first-order chi connectivity index (χ1) is 10.3. The third-order valence-corrected chi connectivity index (χ3v) is 5.57. The molecule has 3 aromatic heterocycles. The molecule has 108 valence electrons. The molecule has 7 heteroatoms. The summed E-state index contributed by atoms with van der Waals surface area (Å²) < 4.78 is 8.72. The van der Waals surface area contributed by atoms with Gasteiger partial charge in [0.15, 0.2) is 0 Å². The Morgan fingerprint density at radius 3 is 2.95 bits per heavy atom. The van der Waals surface area contributed by atoms with E-state index in [1.54, 1.807) is 35.4 Å². The number of aromatic hydroxyl groups is 1. The molecule has 0 saturated heterocycles. The van der Waals surface area contributed by atoms with Gasteiger partial charge in [0.25, 0.3) is 0 Å². The first-order valence-corrected chi connectivity index (χ1v) is 9.05. The van der Waals surface area contributed by atoms with Gasteiger partial charge < -0.3 is 5.11 Å². The number of pyridine rings is 1. The Kier molecular flexibility index (Phi) is 4.84. The van der Waals surface area contributed by atoms with Crippen LogP contribution in [-0.2, 0) is 6.42 Å². The van der Waals surface area contributed by atoms with Crippen LogP contribution in [0.25, 0.3) is 11.3 Å². The Labute approximate surface area is 135 Å². The van der Waals surface area contributed by atoms with Crippen LogP contribution in [0, 0.1) is 0 Å². The molecule has 0 fully saturated rings. The summed E-state index contributed by atoms with van der Waals surface area (Å²) >= 11 is 4.55. The molecule has 0 radical (unpaired) electrons. The average molecular weight is 335 g/mol. The van der Waals surface area contributed by atoms with E-state index in [4.69, 9.17) is 0 Å². The van der Waals surface area contributed by atoms with E-state index in [1.165, 1.54) is 11.7 Å². The molecule has 0 aliphatic carbocycles. The van der Waals surface area contributed by atoms with Gasteiger partial charge in [-0.05, 0) is 42.2 Å². The molecule has 0 aliphatic rings. The molecule has 0 spiro atoms. The molecule has 0 unspecified atom stereocenters. The van der Waals surface area contributed by atoms with E-state index in [9.17, 15) is 5.11 Å². The van der Waals surface area contributed by atoms with Gasteiger partial charge in [0.1, 0.15) is 16.5 Å². The average Bonchev–Trinajstić information content (AvgIpc) is 3.14. The predicted octanol–water partition coefficient (Wildman–Crippen LogP) is 4.09. The fourth-order valence-electron chi connectivity index (χ4n) is 1.88. The Balaban J connectivity index is 1.57. The molecule has 3 rings (SSSR count). The summed E-state index contributed by atoms with van der Waals surface area (Å²) in [4.78, 5) is 5.18. The molecule has 0 atom stereocenters. The van der Waals surface area contributed by atoms with E-state index in [0.29, 0.717) is 5.75 Å². The van der Waals surface area contributed by atoms with Crippen LogP contribution in [-0.4, -0.2) is 24.6 Å². The topological polar surface area (TPSA) is 58.9 Å². The molecule has 0 saturated carbocycles. The van der Waals surface area contributed by atoms with Crippen molar-refractivity contribution in [2.45, 2.75) is 17.9 Å². The van der Waals surface area contributed by atoms with Crippen molar-refractivity contribution in [1.82, 2.24) is 13.7 Å². The number of rotatable bonds is 6. The van der Waals surface area contributed by atoms with Crippen molar-refractivity contribution in [2.75, 3.05) is 5.75 Å². The van der Waals surface area contributed by atoms with Crippen LogP contribution in [0.1, 0.15) is 11.3 Å². The Morgan fingerprint density at radius 2 is 2.19 bits per heavy atom. The zero-order valence-electron chi connectivity index (χ0n) is 11.1. The third-order valence-electron chi connectivity index (χ3n) is 2.90. The van der Waals surface area contributed by atoms with Crippen LogP contribution in [0.4, 0.5) is 0 Å². The van der Waals surface area contributed by atoms with Gasteiger partial charge in [0, 0.05) is 22.8 Å². The van der Waals surface area contributed by atoms with Gasteiger partial charge in [-0.2, -0.15) is 8.75 Å². The Morgan fingerprint density at radius 1 is 1.24 bits per heavy atom. The van der Waals surface area contributed by atoms with Gasteiger partial charge in [0.05, 0.1) is 11.7 Å². The SMILES string of the molecule is Oc1ccsc1CCCSc1nsnc1-c1cccnc1. The molecule has 0 bridgehead atoms. The minimum Gasteiger partial charge on any atom is -0.507 e. The van der Waals surface area contributed by atoms with E-state index >= 15 is 0 Å². The predicted molar refractivity (Wildman–Crippen MR) is 88.2 cm³/mol. The fourth-order valence-corrected chi connectivity index (χ4v) is 4.31. The van der Waals surface area contributed by atoms with Crippen LogP contribution >= 0.6 is 34.8 Å². The van der Waals surface area contributed by atoms with E-state index in [0.717, 1.165) is 39.8 Å². The summed E-state index contributed by atoms with van der Waals surface area (Å²) in [5.74, 6) is 1.37. The molecule has 21 heavy (non-hydrogen) atoms. The van der Waals surface area contributed by atoms with Gasteiger partial charge in [-0.25, -0.2) is 0 Å². The highest BCUT2D eigenvalue weighted by molar-refractivity contribution is 7.99. The second-order valence-electron chi connectivity index (χ2n) is 4.34. The van der Waals surface area contributed by atoms with Crippen LogP contribution < -0.4 is 0 Å². The highest BCUT2D eigenvalue weighted by Gasteiger charge is 2.11. The zero-order chi connectivity index (χ0) is 14.5. The molecule has 3 heterocycles. The summed E-state index contributed by atoms with van der Waals surface area (Å²) in [6.07, 6.45) is 5.47. The van der Waals surface area contributed by atoms with Gasteiger partial charge in [-0.1, -0.05) is 0 Å². The van der Waals surface area contributed by atoms with Crippen molar-refractivity contribution in [3.63, 3.8) is 0 Å². The summed E-state index contributed by atoms with van der Waals surface area (Å²) in [7, 11) is 0. The first-order valence-electron chi connectivity index (χ1n) is 6.45. The quantitative estimate of drug-likeness (QED) is 0.543. The maximum atomic E-state index is 9.60. The largest absolute Gasteiger partial charge is 0.507 e. The lowest BCUT2D eigenvalue weighted by Gasteiger charge is -2.01. The molecule has 3 aromatic rings. The van der Waals surface area contributed by atoms with Crippen molar-refractivity contribution < 1.29 is 5.11 Å². The number of aromatic nitrogens is 3. The van der Waals surface area contributed by atoms with Gasteiger partial charge in [-0.15, -0.1) is 23.1 Å². The zero-order valence-corrected chi connectivity index (χ0v) is 13.5. The third kappa shape index (κ3) is 3.61. The van der Waals surface area contributed by atoms with Crippen LogP contribution in [0.2, 0.25) is 0 Å². The summed E-state index contributed by atoms with van der Waals surface area (Å²) in [5, 5.41) is 12.5. The molecule has 0 aromatic carbocycles. The molecule has 0 amide bonds. The molecule has 1 N–H and O–H groups in total. The van der Waals surface area contributed by atoms with E-state index in [1.807, 2.05) is 23.7 Å². The van der Waals surface area contributed by atoms with Crippen LogP contribution in [0.5, 0.6) is 5.75 Å². The minimum absolute atomic E-state index is 0.413. The summed E-state index contributed by atoms with van der Waals surface area (Å²) in [5.41, 5.74) is 1.92. The summed E-state index contributed by atoms with van der Waals surface area (Å²) in [6, 6.07) is 5.65. The highest BCUT2D eigenvalue weighted by atomic mass is 32.2. The number of thiophene rings is 1. The molecule has 0 aliphatic heterocycles. The molecular weight excluding hydrogens is 322 g/mol. The highest BCUT2D eigenvalue weighted by Crippen LogP contribution is 2.30. The number of thioether (sulfide) groups is 1. The Hall–Kier alpha value is -1.44. The molecular formula is C14H13N3OS3. The number of hydrogen-bond donors (Lipinski definition) is 1. The van der Waals surface area contributed by atoms with Gasteiger partial charge in [-0.3, -0.25) is 4.98 Å². The summed E-state index contributed by atoms with van der Waals surface area (Å²) in [6.45, 7) is 0. The van der Waals surface area contributed by atoms with E-state index in [2.05, 4.69) is 13.7 Å². The number of nitrogens with zero attached hydrogens (tertiary/aromatic N) is 3. The standard InChI is InChI=1S/C14H13N3OS3/c18-11-5-8-19-12(11)4-2-7-20-14-13(16-21-17-14)10-3-1-6-15-9-10/h1,3,5-6,8-9,18H,2,4,7H2. The number of hydrogen-bond acceptors (Lipinski definition) is 7. The van der Waals surface area contributed by atoms with Crippen molar-refractivity contribution in [3.05, 3.63) is 40.8 Å². The smallest absolute Gasteiger partial charge is 0.138 e. The van der Waals surface area contributed by atoms with Crippen molar-refractivity contribution in [3.8, 4) is 17.0 Å². The lowest BCUT2D eigenvalue weighted by atomic mass is 10.2. The lowest BCUT2D eigenvalue weighted by Crippen LogP contribution is -1.87.